The molecule has 1 N–H and O–H groups in total. The first kappa shape index (κ1) is 15.4. The summed E-state index contributed by atoms with van der Waals surface area (Å²) in [6, 6.07) is 0. The van der Waals surface area contributed by atoms with Crippen LogP contribution < -0.4 is 0 Å². The molecule has 0 aliphatic carbocycles. The molecule has 0 saturated carbocycles. The maximum Gasteiger partial charge on any atom is 0.426 e. The zero-order chi connectivity index (χ0) is 13.1. The van der Waals surface area contributed by atoms with Crippen LogP contribution in [0.25, 0.3) is 0 Å². The van der Waals surface area contributed by atoms with Crippen molar-refractivity contribution in [3.63, 3.8) is 0 Å². The lowest BCUT2D eigenvalue weighted by Gasteiger charge is -2.18. The first-order valence-electron chi connectivity index (χ1n) is 3.50. The van der Waals surface area contributed by atoms with Crippen LogP contribution in [0.3, 0.4) is 0 Å². The van der Waals surface area contributed by atoms with E-state index in [1.807, 2.05) is 0 Å². The maximum atomic E-state index is 12.2. The van der Waals surface area contributed by atoms with Crippen molar-refractivity contribution in [1.82, 2.24) is 0 Å². The second-order valence-corrected chi connectivity index (χ2v) is 5.04. The third kappa shape index (κ3) is 6.08. The summed E-state index contributed by atoms with van der Waals surface area (Å²) in [6.45, 7) is 2.95. The van der Waals surface area contributed by atoms with Crippen LogP contribution in [-0.2, 0) is 19.6 Å². The van der Waals surface area contributed by atoms with Gasteiger partial charge in [-0.2, -0.15) is 21.6 Å². The van der Waals surface area contributed by atoms with Gasteiger partial charge in [-0.15, -0.1) is 0 Å². The molecule has 0 amide bonds. The van der Waals surface area contributed by atoms with Crippen molar-refractivity contribution >= 4 is 32.0 Å². The van der Waals surface area contributed by atoms with Crippen molar-refractivity contribution in [3.8, 4) is 0 Å². The van der Waals surface area contributed by atoms with Crippen LogP contribution in [0.2, 0.25) is 0 Å². The fourth-order valence-electron chi connectivity index (χ4n) is 0.580. The molecule has 10 heteroatoms. The highest BCUT2D eigenvalue weighted by atomic mass is 79.9. The molecular formula is C6H6BrF3O5S. The third-order valence-corrected chi connectivity index (χ3v) is 2.25. The van der Waals surface area contributed by atoms with E-state index in [0.717, 1.165) is 0 Å². The van der Waals surface area contributed by atoms with E-state index in [1.54, 1.807) is 0 Å². The lowest BCUT2D eigenvalue weighted by atomic mass is 10.4. The van der Waals surface area contributed by atoms with Gasteiger partial charge in [0.15, 0.2) is 0 Å². The van der Waals surface area contributed by atoms with Gasteiger partial charge in [0.25, 0.3) is 10.1 Å². The summed E-state index contributed by atoms with van der Waals surface area (Å²) in [5.41, 5.74) is 0. The van der Waals surface area contributed by atoms with Crippen LogP contribution >= 0.6 is 15.9 Å². The number of esters is 1. The van der Waals surface area contributed by atoms with E-state index in [9.17, 15) is 26.4 Å². The predicted molar refractivity (Wildman–Crippen MR) is 50.4 cm³/mol. The van der Waals surface area contributed by atoms with Crippen molar-refractivity contribution in [3.05, 3.63) is 11.1 Å². The molecule has 0 bridgehead atoms. The molecule has 0 spiro atoms. The van der Waals surface area contributed by atoms with Crippen molar-refractivity contribution in [2.24, 2.45) is 0 Å². The topological polar surface area (TPSA) is 80.7 Å². The van der Waals surface area contributed by atoms with Crippen molar-refractivity contribution in [1.29, 1.82) is 0 Å². The van der Waals surface area contributed by atoms with E-state index >= 15 is 0 Å². The Morgan fingerprint density at radius 3 is 2.19 bits per heavy atom. The number of carbonyl (C=O) groups is 1. The Labute approximate surface area is 97.1 Å². The Hall–Kier alpha value is -0.610. The summed E-state index contributed by atoms with van der Waals surface area (Å²) in [6.07, 6.45) is -8.04. The van der Waals surface area contributed by atoms with E-state index in [0.29, 0.717) is 0 Å². The molecule has 1 unspecified atom stereocenters. The van der Waals surface area contributed by atoms with Crippen LogP contribution in [0.4, 0.5) is 13.2 Å². The van der Waals surface area contributed by atoms with Gasteiger partial charge in [0.05, 0.1) is 4.48 Å². The largest absolute Gasteiger partial charge is 0.448 e. The fraction of sp³-hybridized carbons (Fsp3) is 0.500. The summed E-state index contributed by atoms with van der Waals surface area (Å²) in [5.74, 6) is -3.23. The Kier molecular flexibility index (Phi) is 4.95. The molecule has 0 aromatic carbocycles. The van der Waals surface area contributed by atoms with Gasteiger partial charge in [-0.05, 0) is 15.9 Å². The number of halogens is 4. The van der Waals surface area contributed by atoms with E-state index in [2.05, 4.69) is 27.2 Å². The molecule has 0 fully saturated rings. The predicted octanol–water partition coefficient (Wildman–Crippen LogP) is 1.26. The quantitative estimate of drug-likeness (QED) is 0.478. The molecule has 0 rings (SSSR count). The van der Waals surface area contributed by atoms with Crippen molar-refractivity contribution in [2.45, 2.75) is 12.3 Å². The average molecular weight is 327 g/mol. The number of carbonyl (C=O) groups excluding carboxylic acids is 1. The lowest BCUT2D eigenvalue weighted by Crippen LogP contribution is -2.39. The second kappa shape index (κ2) is 5.15. The van der Waals surface area contributed by atoms with E-state index in [1.165, 1.54) is 0 Å². The molecule has 1 atom stereocenters. The van der Waals surface area contributed by atoms with E-state index < -0.39 is 38.6 Å². The van der Waals surface area contributed by atoms with Crippen molar-refractivity contribution in [2.75, 3.05) is 5.75 Å². The highest BCUT2D eigenvalue weighted by Crippen LogP contribution is 2.25. The standard InChI is InChI=1S/C6H6BrF3O5S/c1-3(7)5(11)15-4(6(8,9)10)2-16(12,13)14/h4H,1-2H2,(H,12,13,14). The Bertz CT molecular complexity index is 387. The molecule has 94 valence electrons. The summed E-state index contributed by atoms with van der Waals surface area (Å²) < 4.78 is 68.6. The third-order valence-electron chi connectivity index (χ3n) is 1.20. The molecule has 0 heterocycles. The summed E-state index contributed by atoms with van der Waals surface area (Å²) >= 11 is 2.47. The Morgan fingerprint density at radius 2 is 1.94 bits per heavy atom. The van der Waals surface area contributed by atoms with Crippen LogP contribution in [0.5, 0.6) is 0 Å². The Balaban J connectivity index is 4.85. The molecule has 0 saturated heterocycles. The number of rotatable bonds is 4. The van der Waals surface area contributed by atoms with Gasteiger partial charge in [0, 0.05) is 0 Å². The van der Waals surface area contributed by atoms with Gasteiger partial charge >= 0.3 is 12.1 Å². The molecule has 0 radical (unpaired) electrons. The molecule has 0 aromatic rings. The smallest absolute Gasteiger partial charge is 0.426 e. The molecular weight excluding hydrogens is 321 g/mol. The number of hydrogen-bond donors (Lipinski definition) is 1. The average Bonchev–Trinajstić information content (AvgIpc) is 1.98. The van der Waals surface area contributed by atoms with Gasteiger partial charge < -0.3 is 4.74 Å². The van der Waals surface area contributed by atoms with Crippen LogP contribution in [-0.4, -0.2) is 37.0 Å². The van der Waals surface area contributed by atoms with E-state index in [-0.39, 0.29) is 0 Å². The van der Waals surface area contributed by atoms with Gasteiger partial charge in [-0.25, -0.2) is 4.79 Å². The second-order valence-electron chi connectivity index (χ2n) is 2.59. The zero-order valence-corrected chi connectivity index (χ0v) is 9.89. The minimum atomic E-state index is -5.10. The van der Waals surface area contributed by atoms with Gasteiger partial charge in [0.2, 0.25) is 6.10 Å². The SMILES string of the molecule is C=C(Br)C(=O)OC(CS(=O)(=O)O)C(F)(F)F. The fourth-order valence-corrected chi connectivity index (χ4v) is 1.31. The monoisotopic (exact) mass is 326 g/mol. The van der Waals surface area contributed by atoms with Gasteiger partial charge in [-0.3, -0.25) is 4.55 Å². The minimum absolute atomic E-state index is 0.503. The summed E-state index contributed by atoms with van der Waals surface area (Å²) in [7, 11) is -4.92. The van der Waals surface area contributed by atoms with Crippen molar-refractivity contribution < 1.29 is 35.7 Å². The van der Waals surface area contributed by atoms with Gasteiger partial charge in [0.1, 0.15) is 5.75 Å². The normalized spacial score (nSPS) is 14.3. The molecule has 5 nitrogen and oxygen atoms in total. The summed E-state index contributed by atoms with van der Waals surface area (Å²) in [4.78, 5) is 10.7. The number of hydrogen-bond acceptors (Lipinski definition) is 4. The molecule has 16 heavy (non-hydrogen) atoms. The first-order chi connectivity index (χ1) is 6.93. The number of ether oxygens (including phenoxy) is 1. The van der Waals surface area contributed by atoms with Crippen LogP contribution in [0, 0.1) is 0 Å². The zero-order valence-electron chi connectivity index (χ0n) is 7.49. The first-order valence-corrected chi connectivity index (χ1v) is 5.91. The van der Waals surface area contributed by atoms with Crippen LogP contribution in [0.15, 0.2) is 11.1 Å². The molecule has 0 aromatic heterocycles. The summed E-state index contributed by atoms with van der Waals surface area (Å²) in [5, 5.41) is 0. The molecule has 0 aliphatic rings. The number of alkyl halides is 3. The highest BCUT2D eigenvalue weighted by molar-refractivity contribution is 9.12. The molecule has 0 aliphatic heterocycles. The maximum absolute atomic E-state index is 12.2. The highest BCUT2D eigenvalue weighted by Gasteiger charge is 2.45. The Morgan fingerprint density at radius 1 is 1.50 bits per heavy atom. The van der Waals surface area contributed by atoms with Gasteiger partial charge in [-0.1, -0.05) is 6.58 Å². The minimum Gasteiger partial charge on any atom is -0.448 e. The van der Waals surface area contributed by atoms with Crippen LogP contribution in [0.1, 0.15) is 0 Å². The van der Waals surface area contributed by atoms with E-state index in [4.69, 9.17) is 4.55 Å². The lowest BCUT2D eigenvalue weighted by molar-refractivity contribution is -0.212.